The van der Waals surface area contributed by atoms with Crippen molar-refractivity contribution in [2.75, 3.05) is 24.7 Å². The summed E-state index contributed by atoms with van der Waals surface area (Å²) in [6.07, 6.45) is 0.616. The topological polar surface area (TPSA) is 66.8 Å². The summed E-state index contributed by atoms with van der Waals surface area (Å²) in [5.41, 5.74) is 1.01. The molecule has 112 valence electrons. The molecule has 0 saturated carbocycles. The smallest absolute Gasteiger partial charge is 0.327 e. The van der Waals surface area contributed by atoms with E-state index < -0.39 is 12.0 Å². The second-order valence-electron chi connectivity index (χ2n) is 5.28. The third-order valence-electron chi connectivity index (χ3n) is 3.92. The first kappa shape index (κ1) is 14.3. The van der Waals surface area contributed by atoms with Crippen molar-refractivity contribution in [2.24, 2.45) is 5.92 Å². The molecular formula is C15H17NO4S. The van der Waals surface area contributed by atoms with Gasteiger partial charge in [-0.3, -0.25) is 4.79 Å². The van der Waals surface area contributed by atoms with Crippen molar-refractivity contribution in [2.45, 2.75) is 12.5 Å². The van der Waals surface area contributed by atoms with Gasteiger partial charge in [-0.05, 0) is 18.1 Å². The Labute approximate surface area is 127 Å². The van der Waals surface area contributed by atoms with Gasteiger partial charge in [-0.15, -0.1) is 0 Å². The molecule has 1 N–H and O–H groups in total. The molecule has 1 fully saturated rings. The van der Waals surface area contributed by atoms with Gasteiger partial charge >= 0.3 is 5.97 Å². The first-order chi connectivity index (χ1) is 10.2. The number of nitrogens with zero attached hydrogens (tertiary/aromatic N) is 1. The predicted octanol–water partition coefficient (Wildman–Crippen LogP) is 1.27. The monoisotopic (exact) mass is 307 g/mol. The molecule has 2 atom stereocenters. The number of amides is 1. The highest BCUT2D eigenvalue weighted by molar-refractivity contribution is 7.99. The molecule has 2 aliphatic heterocycles. The molecule has 1 aromatic rings. The Kier molecular flexibility index (Phi) is 4.05. The zero-order chi connectivity index (χ0) is 14.8. The predicted molar refractivity (Wildman–Crippen MR) is 79.6 cm³/mol. The number of carbonyl (C=O) groups excluding carboxylic acids is 1. The Morgan fingerprint density at radius 3 is 2.95 bits per heavy atom. The van der Waals surface area contributed by atoms with Gasteiger partial charge in [0.1, 0.15) is 18.4 Å². The fourth-order valence-electron chi connectivity index (χ4n) is 2.79. The maximum absolute atomic E-state index is 12.7. The molecule has 0 bridgehead atoms. The lowest BCUT2D eigenvalue weighted by atomic mass is 9.95. The van der Waals surface area contributed by atoms with E-state index in [0.717, 1.165) is 17.1 Å². The van der Waals surface area contributed by atoms with Crippen molar-refractivity contribution in [3.63, 3.8) is 0 Å². The number of thioether (sulfide) groups is 1. The van der Waals surface area contributed by atoms with E-state index in [0.29, 0.717) is 25.3 Å². The number of hydrogen-bond donors (Lipinski definition) is 1. The fourth-order valence-corrected chi connectivity index (χ4v) is 3.83. The molecule has 5 nitrogen and oxygen atoms in total. The summed E-state index contributed by atoms with van der Waals surface area (Å²) in [6.45, 7) is 0.824. The normalized spacial score (nSPS) is 24.9. The SMILES string of the molecule is O=C(O)C1CSCCN1C(=O)C1COc2ccccc2C1. The van der Waals surface area contributed by atoms with Crippen LogP contribution < -0.4 is 4.74 Å². The lowest BCUT2D eigenvalue weighted by Crippen LogP contribution is -2.53. The second kappa shape index (κ2) is 5.97. The number of fused-ring (bicyclic) bond motifs is 1. The fraction of sp³-hybridized carbons (Fsp3) is 0.467. The largest absolute Gasteiger partial charge is 0.492 e. The van der Waals surface area contributed by atoms with Crippen LogP contribution in [0.25, 0.3) is 0 Å². The van der Waals surface area contributed by atoms with Crippen LogP contribution in [0.5, 0.6) is 5.75 Å². The van der Waals surface area contributed by atoms with E-state index in [1.54, 1.807) is 11.8 Å². The minimum atomic E-state index is -0.923. The van der Waals surface area contributed by atoms with Crippen molar-refractivity contribution in [3.8, 4) is 5.75 Å². The van der Waals surface area contributed by atoms with Crippen LogP contribution in [0.4, 0.5) is 0 Å². The summed E-state index contributed by atoms with van der Waals surface area (Å²) in [7, 11) is 0. The van der Waals surface area contributed by atoms with Crippen LogP contribution in [-0.4, -0.2) is 52.6 Å². The van der Waals surface area contributed by atoms with Gasteiger partial charge < -0.3 is 14.7 Å². The minimum absolute atomic E-state index is 0.0998. The number of rotatable bonds is 2. The highest BCUT2D eigenvalue weighted by atomic mass is 32.2. The summed E-state index contributed by atoms with van der Waals surface area (Å²) in [6, 6.07) is 6.97. The van der Waals surface area contributed by atoms with Gasteiger partial charge in [-0.1, -0.05) is 18.2 Å². The minimum Gasteiger partial charge on any atom is -0.492 e. The summed E-state index contributed by atoms with van der Waals surface area (Å²) in [5.74, 6) is 0.769. The molecule has 0 spiro atoms. The molecule has 6 heteroatoms. The van der Waals surface area contributed by atoms with Crippen LogP contribution in [0.3, 0.4) is 0 Å². The van der Waals surface area contributed by atoms with Gasteiger partial charge in [-0.25, -0.2) is 4.79 Å². The third kappa shape index (κ3) is 2.85. The van der Waals surface area contributed by atoms with Gasteiger partial charge in [0.05, 0.1) is 5.92 Å². The highest BCUT2D eigenvalue weighted by Gasteiger charge is 2.37. The molecule has 0 aliphatic carbocycles. The molecule has 1 amide bonds. The van der Waals surface area contributed by atoms with Crippen molar-refractivity contribution < 1.29 is 19.4 Å². The summed E-state index contributed by atoms with van der Waals surface area (Å²) in [5, 5.41) is 9.28. The van der Waals surface area contributed by atoms with E-state index in [2.05, 4.69) is 0 Å². The zero-order valence-corrected chi connectivity index (χ0v) is 12.3. The van der Waals surface area contributed by atoms with E-state index >= 15 is 0 Å². The number of carboxylic acid groups (broad SMARTS) is 1. The molecule has 0 radical (unpaired) electrons. The molecular weight excluding hydrogens is 290 g/mol. The molecule has 3 rings (SSSR count). The van der Waals surface area contributed by atoms with Gasteiger partial charge in [-0.2, -0.15) is 11.8 Å². The maximum Gasteiger partial charge on any atom is 0.327 e. The average molecular weight is 307 g/mol. The number of aliphatic carboxylic acids is 1. The highest BCUT2D eigenvalue weighted by Crippen LogP contribution is 2.29. The standard InChI is InChI=1S/C15H17NO4S/c17-14(16-5-6-21-9-12(16)15(18)19)11-7-10-3-1-2-4-13(10)20-8-11/h1-4,11-12H,5-9H2,(H,18,19). The molecule has 1 saturated heterocycles. The van der Waals surface area contributed by atoms with Gasteiger partial charge in [0, 0.05) is 18.1 Å². The van der Waals surface area contributed by atoms with Crippen LogP contribution >= 0.6 is 11.8 Å². The Morgan fingerprint density at radius 1 is 1.33 bits per heavy atom. The van der Waals surface area contributed by atoms with Gasteiger partial charge in [0.2, 0.25) is 5.91 Å². The number of carboxylic acids is 1. The quantitative estimate of drug-likeness (QED) is 0.891. The van der Waals surface area contributed by atoms with Crippen molar-refractivity contribution in [3.05, 3.63) is 29.8 Å². The Hall–Kier alpha value is -1.69. The average Bonchev–Trinajstić information content (AvgIpc) is 2.53. The lowest BCUT2D eigenvalue weighted by Gasteiger charge is -2.36. The molecule has 2 unspecified atom stereocenters. The maximum atomic E-state index is 12.7. The van der Waals surface area contributed by atoms with E-state index in [9.17, 15) is 14.7 Å². The van der Waals surface area contributed by atoms with E-state index in [1.165, 1.54) is 4.90 Å². The van der Waals surface area contributed by atoms with E-state index in [-0.39, 0.29) is 11.8 Å². The van der Waals surface area contributed by atoms with E-state index in [1.807, 2.05) is 24.3 Å². The van der Waals surface area contributed by atoms with Crippen LogP contribution in [0.2, 0.25) is 0 Å². The van der Waals surface area contributed by atoms with Crippen molar-refractivity contribution in [1.82, 2.24) is 4.90 Å². The molecule has 2 aliphatic rings. The van der Waals surface area contributed by atoms with Crippen LogP contribution in [0, 0.1) is 5.92 Å². The lowest BCUT2D eigenvalue weighted by molar-refractivity contribution is -0.151. The van der Waals surface area contributed by atoms with Crippen LogP contribution in [0.1, 0.15) is 5.56 Å². The van der Waals surface area contributed by atoms with Crippen molar-refractivity contribution in [1.29, 1.82) is 0 Å². The van der Waals surface area contributed by atoms with Crippen molar-refractivity contribution >= 4 is 23.6 Å². The first-order valence-electron chi connectivity index (χ1n) is 6.98. The Balaban J connectivity index is 1.75. The summed E-state index contributed by atoms with van der Waals surface area (Å²) < 4.78 is 5.64. The molecule has 0 aromatic heterocycles. The van der Waals surface area contributed by atoms with Gasteiger partial charge in [0.15, 0.2) is 0 Å². The molecule has 21 heavy (non-hydrogen) atoms. The number of ether oxygens (including phenoxy) is 1. The molecule has 1 aromatic carbocycles. The van der Waals surface area contributed by atoms with Crippen LogP contribution in [-0.2, 0) is 16.0 Å². The van der Waals surface area contributed by atoms with Gasteiger partial charge in [0.25, 0.3) is 0 Å². The zero-order valence-electron chi connectivity index (χ0n) is 11.5. The summed E-state index contributed by atoms with van der Waals surface area (Å²) >= 11 is 1.58. The number of para-hydroxylation sites is 1. The third-order valence-corrected chi connectivity index (χ3v) is 4.95. The van der Waals surface area contributed by atoms with E-state index in [4.69, 9.17) is 4.74 Å². The second-order valence-corrected chi connectivity index (χ2v) is 6.43. The van der Waals surface area contributed by atoms with Crippen LogP contribution in [0.15, 0.2) is 24.3 Å². The number of benzene rings is 1. The Bertz CT molecular complexity index is 562. The number of carbonyl (C=O) groups is 2. The summed E-state index contributed by atoms with van der Waals surface area (Å²) in [4.78, 5) is 25.5. The first-order valence-corrected chi connectivity index (χ1v) is 8.14. The number of hydrogen-bond acceptors (Lipinski definition) is 4. The Morgan fingerprint density at radius 2 is 2.14 bits per heavy atom. The molecule has 2 heterocycles.